The van der Waals surface area contributed by atoms with Crippen molar-refractivity contribution in [1.29, 1.82) is 0 Å². The van der Waals surface area contributed by atoms with Gasteiger partial charge in [0.05, 0.1) is 17.5 Å². The van der Waals surface area contributed by atoms with Crippen LogP contribution in [0.2, 0.25) is 0 Å². The molecule has 2 rings (SSSR count). The Morgan fingerprint density at radius 3 is 3.00 bits per heavy atom. The topological polar surface area (TPSA) is 67.2 Å². The normalized spacial score (nSPS) is 11.9. The average molecular weight is 287 g/mol. The molecule has 0 aliphatic heterocycles. The molecule has 21 heavy (non-hydrogen) atoms. The van der Waals surface area contributed by atoms with Gasteiger partial charge in [-0.15, -0.1) is 0 Å². The molecule has 0 aromatic carbocycles. The Morgan fingerprint density at radius 2 is 2.29 bits per heavy atom. The molecule has 1 amide bonds. The highest BCUT2D eigenvalue weighted by Gasteiger charge is 2.14. The number of anilines is 1. The summed E-state index contributed by atoms with van der Waals surface area (Å²) in [4.78, 5) is 16.4. The van der Waals surface area contributed by atoms with Crippen molar-refractivity contribution in [3.05, 3.63) is 48.2 Å². The first kappa shape index (κ1) is 15.1. The number of hydrogen-bond donors (Lipinski definition) is 2. The number of carbonyl (C=O) groups is 1. The first-order chi connectivity index (χ1) is 10.2. The smallest absolute Gasteiger partial charge is 0.255 e. The third-order valence-corrected chi connectivity index (χ3v) is 3.10. The second kappa shape index (κ2) is 7.47. The van der Waals surface area contributed by atoms with Crippen LogP contribution in [0.3, 0.4) is 0 Å². The van der Waals surface area contributed by atoms with Crippen LogP contribution in [0.15, 0.2) is 41.3 Å². The van der Waals surface area contributed by atoms with E-state index in [4.69, 9.17) is 4.42 Å². The van der Waals surface area contributed by atoms with Gasteiger partial charge in [-0.25, -0.2) is 0 Å². The van der Waals surface area contributed by atoms with Gasteiger partial charge in [-0.05, 0) is 31.5 Å². The lowest BCUT2D eigenvalue weighted by Crippen LogP contribution is -2.34. The van der Waals surface area contributed by atoms with Crippen LogP contribution in [-0.4, -0.2) is 23.5 Å². The van der Waals surface area contributed by atoms with Gasteiger partial charge in [0.1, 0.15) is 5.76 Å². The molecular weight excluding hydrogens is 266 g/mol. The molecular formula is C16H21N3O2. The lowest BCUT2D eigenvalue weighted by molar-refractivity contribution is 0.0939. The number of rotatable bonds is 7. The summed E-state index contributed by atoms with van der Waals surface area (Å²) < 4.78 is 5.29. The maximum absolute atomic E-state index is 12.3. The van der Waals surface area contributed by atoms with Crippen molar-refractivity contribution >= 4 is 11.6 Å². The van der Waals surface area contributed by atoms with Crippen LogP contribution in [-0.2, 0) is 6.42 Å². The fraction of sp³-hybridized carbons (Fsp3) is 0.375. The number of nitrogens with one attached hydrogen (secondary N) is 2. The minimum absolute atomic E-state index is 0.0112. The van der Waals surface area contributed by atoms with Gasteiger partial charge in [-0.2, -0.15) is 0 Å². The second-order valence-electron chi connectivity index (χ2n) is 5.01. The first-order valence-electron chi connectivity index (χ1n) is 7.21. The van der Waals surface area contributed by atoms with E-state index in [9.17, 15) is 4.79 Å². The molecule has 1 atom stereocenters. The van der Waals surface area contributed by atoms with Crippen LogP contribution < -0.4 is 10.6 Å². The predicted octanol–water partition coefficient (Wildman–Crippen LogP) is 2.86. The highest BCUT2D eigenvalue weighted by Crippen LogP contribution is 2.14. The summed E-state index contributed by atoms with van der Waals surface area (Å²) in [6, 6.07) is 5.56. The first-order valence-corrected chi connectivity index (χ1v) is 7.21. The molecule has 2 heterocycles. The summed E-state index contributed by atoms with van der Waals surface area (Å²) in [7, 11) is 0. The summed E-state index contributed by atoms with van der Waals surface area (Å²) in [6.07, 6.45) is 6.57. The van der Waals surface area contributed by atoms with E-state index >= 15 is 0 Å². The summed E-state index contributed by atoms with van der Waals surface area (Å²) in [5.41, 5.74) is 1.38. The predicted molar refractivity (Wildman–Crippen MR) is 82.4 cm³/mol. The number of amides is 1. The Morgan fingerprint density at radius 1 is 1.43 bits per heavy atom. The minimum Gasteiger partial charge on any atom is -0.469 e. The van der Waals surface area contributed by atoms with E-state index in [-0.39, 0.29) is 11.9 Å². The summed E-state index contributed by atoms with van der Waals surface area (Å²) >= 11 is 0. The van der Waals surface area contributed by atoms with Crippen molar-refractivity contribution < 1.29 is 9.21 Å². The van der Waals surface area contributed by atoms with Crippen molar-refractivity contribution in [2.45, 2.75) is 32.7 Å². The number of furan rings is 1. The summed E-state index contributed by atoms with van der Waals surface area (Å²) in [5, 5.41) is 6.22. The molecule has 2 N–H and O–H groups in total. The maximum Gasteiger partial charge on any atom is 0.255 e. The van der Waals surface area contributed by atoms with E-state index in [1.807, 2.05) is 25.1 Å². The number of aromatic nitrogens is 1. The average Bonchev–Trinajstić information content (AvgIpc) is 2.98. The van der Waals surface area contributed by atoms with Crippen LogP contribution in [0.1, 0.15) is 36.4 Å². The monoisotopic (exact) mass is 287 g/mol. The summed E-state index contributed by atoms with van der Waals surface area (Å²) in [6.45, 7) is 4.86. The van der Waals surface area contributed by atoms with E-state index in [0.717, 1.165) is 24.4 Å². The molecule has 0 bridgehead atoms. The zero-order valence-corrected chi connectivity index (χ0v) is 12.4. The molecule has 0 saturated carbocycles. The van der Waals surface area contributed by atoms with E-state index < -0.39 is 0 Å². The van der Waals surface area contributed by atoms with Crippen LogP contribution in [0.25, 0.3) is 0 Å². The molecule has 0 aliphatic rings. The van der Waals surface area contributed by atoms with Crippen LogP contribution >= 0.6 is 0 Å². The molecule has 0 radical (unpaired) electrons. The SMILES string of the molecule is CCCNc1ccncc1C(=O)NC(C)Cc1ccco1. The molecule has 112 valence electrons. The Kier molecular flexibility index (Phi) is 5.37. The number of pyridine rings is 1. The van der Waals surface area contributed by atoms with E-state index in [0.29, 0.717) is 12.0 Å². The van der Waals surface area contributed by atoms with Gasteiger partial charge >= 0.3 is 0 Å². The third-order valence-electron chi connectivity index (χ3n) is 3.10. The molecule has 0 aliphatic carbocycles. The fourth-order valence-corrected chi connectivity index (χ4v) is 2.07. The molecule has 5 heteroatoms. The summed E-state index contributed by atoms with van der Waals surface area (Å²) in [5.74, 6) is 0.735. The zero-order chi connectivity index (χ0) is 15.1. The molecule has 0 saturated heterocycles. The van der Waals surface area contributed by atoms with Gasteiger partial charge in [0.2, 0.25) is 0 Å². The van der Waals surface area contributed by atoms with Gasteiger partial charge in [0.25, 0.3) is 5.91 Å². The molecule has 0 fully saturated rings. The van der Waals surface area contributed by atoms with Crippen molar-refractivity contribution in [2.75, 3.05) is 11.9 Å². The van der Waals surface area contributed by atoms with Gasteiger partial charge in [0, 0.05) is 31.4 Å². The Balaban J connectivity index is 1.99. The van der Waals surface area contributed by atoms with Gasteiger partial charge in [-0.3, -0.25) is 9.78 Å². The molecule has 5 nitrogen and oxygen atoms in total. The van der Waals surface area contributed by atoms with E-state index in [2.05, 4.69) is 22.5 Å². The van der Waals surface area contributed by atoms with Crippen molar-refractivity contribution in [1.82, 2.24) is 10.3 Å². The lowest BCUT2D eigenvalue weighted by Gasteiger charge is -2.15. The fourth-order valence-electron chi connectivity index (χ4n) is 2.07. The minimum atomic E-state index is -0.124. The van der Waals surface area contributed by atoms with Crippen molar-refractivity contribution in [3.63, 3.8) is 0 Å². The van der Waals surface area contributed by atoms with E-state index in [1.165, 1.54) is 0 Å². The Hall–Kier alpha value is -2.30. The highest BCUT2D eigenvalue weighted by molar-refractivity contribution is 5.99. The van der Waals surface area contributed by atoms with Gasteiger partial charge < -0.3 is 15.1 Å². The highest BCUT2D eigenvalue weighted by atomic mass is 16.3. The van der Waals surface area contributed by atoms with E-state index in [1.54, 1.807) is 18.7 Å². The largest absolute Gasteiger partial charge is 0.469 e. The van der Waals surface area contributed by atoms with Gasteiger partial charge in [-0.1, -0.05) is 6.92 Å². The van der Waals surface area contributed by atoms with Crippen molar-refractivity contribution in [3.8, 4) is 0 Å². The van der Waals surface area contributed by atoms with Crippen molar-refractivity contribution in [2.24, 2.45) is 0 Å². The molecule has 0 spiro atoms. The maximum atomic E-state index is 12.3. The number of nitrogens with zero attached hydrogens (tertiary/aromatic N) is 1. The second-order valence-corrected chi connectivity index (χ2v) is 5.01. The standard InChI is InChI=1S/C16H21N3O2/c1-3-7-18-15-6-8-17-11-14(15)16(20)19-12(2)10-13-5-4-9-21-13/h4-6,8-9,11-12H,3,7,10H2,1-2H3,(H,17,18)(H,19,20). The lowest BCUT2D eigenvalue weighted by atomic mass is 10.1. The van der Waals surface area contributed by atoms with Crippen LogP contribution in [0.4, 0.5) is 5.69 Å². The third kappa shape index (κ3) is 4.34. The number of hydrogen-bond acceptors (Lipinski definition) is 4. The van der Waals surface area contributed by atoms with Crippen LogP contribution in [0.5, 0.6) is 0 Å². The Labute approximate surface area is 124 Å². The molecule has 1 unspecified atom stereocenters. The van der Waals surface area contributed by atoms with Gasteiger partial charge in [0.15, 0.2) is 0 Å². The molecule has 2 aromatic heterocycles. The zero-order valence-electron chi connectivity index (χ0n) is 12.4. The quantitative estimate of drug-likeness (QED) is 0.821. The Bertz CT molecular complexity index is 567. The molecule has 2 aromatic rings. The number of carbonyl (C=O) groups excluding carboxylic acids is 1. The van der Waals surface area contributed by atoms with Crippen LogP contribution in [0, 0.1) is 0 Å².